The van der Waals surface area contributed by atoms with E-state index in [0.29, 0.717) is 36.3 Å². The summed E-state index contributed by atoms with van der Waals surface area (Å²) in [5.74, 6) is -6.06. The third-order valence-corrected chi connectivity index (χ3v) is 25.8. The molecule has 0 atom stereocenters. The molecule has 15 rings (SSSR count). The number of rotatable bonds is 24. The van der Waals surface area contributed by atoms with Gasteiger partial charge >= 0.3 is 34.7 Å². The Bertz CT molecular complexity index is 6590. The van der Waals surface area contributed by atoms with Crippen molar-refractivity contribution >= 4 is 187 Å². The number of H-pyrrole nitrogens is 6. The van der Waals surface area contributed by atoms with Crippen molar-refractivity contribution < 1.29 is 76.2 Å². The molecule has 15 heterocycles. The largest absolute Gasteiger partial charge is 3.00 e. The number of hydrogen-bond acceptors (Lipinski definition) is 15. The Labute approximate surface area is 763 Å². The van der Waals surface area contributed by atoms with Crippen LogP contribution in [0.2, 0.25) is 0 Å². The van der Waals surface area contributed by atoms with Crippen molar-refractivity contribution in [2.75, 3.05) is 0 Å². The van der Waals surface area contributed by atoms with Crippen LogP contribution in [-0.2, 0) is 64.8 Å². The van der Waals surface area contributed by atoms with Crippen LogP contribution in [0.4, 0.5) is 0 Å². The Kier molecular flexibility index (Phi) is 28.1. The minimum absolute atomic E-state index is 0. The number of carbonyl (C=O) groups excluding carboxylic acids is 3. The Morgan fingerprint density at radius 2 is 0.500 bits per heavy atom. The summed E-state index contributed by atoms with van der Waals surface area (Å²) in [4.78, 5) is 120. The molecule has 0 aliphatic carbocycles. The molecule has 666 valence electrons. The van der Waals surface area contributed by atoms with Crippen LogP contribution in [-0.4, -0.2) is 111 Å². The molecule has 0 radical (unpaired) electrons. The van der Waals surface area contributed by atoms with Crippen LogP contribution in [0.15, 0.2) is 112 Å². The fourth-order valence-electron chi connectivity index (χ4n) is 18.3. The number of carboxylic acids is 6. The second-order valence-electron chi connectivity index (χ2n) is 33.3. The summed E-state index contributed by atoms with van der Waals surface area (Å²) < 4.78 is 0. The zero-order valence-corrected chi connectivity index (χ0v) is 77.0. The Hall–Kier alpha value is -14.4. The number of fused-ring (bicyclic) bond motifs is 24. The van der Waals surface area contributed by atoms with Crippen LogP contribution in [0.1, 0.15) is 251 Å². The van der Waals surface area contributed by atoms with Gasteiger partial charge in [0.05, 0.1) is 84.9 Å². The van der Waals surface area contributed by atoms with Gasteiger partial charge in [0.2, 0.25) is 0 Å². The molecule has 0 fully saturated rings. The van der Waals surface area contributed by atoms with Gasteiger partial charge in [-0.05, 0) is 333 Å². The molecule has 25 heteroatoms. The molecule has 0 spiro atoms. The molecular formula is C105H105CoN12O12. The van der Waals surface area contributed by atoms with Crippen LogP contribution < -0.4 is 15.3 Å². The van der Waals surface area contributed by atoms with E-state index in [2.05, 4.69) is 69.4 Å². The molecule has 0 saturated carbocycles. The van der Waals surface area contributed by atoms with E-state index in [1.54, 1.807) is 0 Å². The smallest absolute Gasteiger partial charge is 0.550 e. The van der Waals surface area contributed by atoms with Gasteiger partial charge < -0.3 is 74.9 Å². The van der Waals surface area contributed by atoms with Gasteiger partial charge in [0, 0.05) is 120 Å². The first-order valence-electron chi connectivity index (χ1n) is 42.8. The molecule has 0 unspecified atom stereocenters. The van der Waals surface area contributed by atoms with Crippen molar-refractivity contribution in [3.63, 3.8) is 0 Å². The zero-order chi connectivity index (χ0) is 93.5. The number of aromatic amines is 6. The fourth-order valence-corrected chi connectivity index (χ4v) is 18.3. The van der Waals surface area contributed by atoms with Crippen LogP contribution >= 0.6 is 0 Å². The predicted octanol–water partition coefficient (Wildman–Crippen LogP) is 19.4. The van der Waals surface area contributed by atoms with Gasteiger partial charge in [0.25, 0.3) is 0 Å². The molecule has 9 N–H and O–H groups in total. The molecule has 6 aliphatic heterocycles. The van der Waals surface area contributed by atoms with Crippen molar-refractivity contribution in [2.24, 2.45) is 0 Å². The standard InChI is InChI=1S/3C35H36N4O4.Co/c3*1-8-22-20(6)34-21(7)35-23(9-2)17(3)28(38-35)14-26-18(4)24(10-12-32(40)41)30(36-26)16-31-25(11-13-33(42)43)19(5)27(37-31)15-29(22)39-34;/h3*8-9,14-16,37-38H,1-2,10-13H2,3-7H3,(H,40,41)(H,42,43);/q;;;+3/p-3. The number of carbonyl (C=O) groups is 6. The van der Waals surface area contributed by atoms with Crippen molar-refractivity contribution in [3.8, 4) is 0 Å². The van der Waals surface area contributed by atoms with Gasteiger partial charge in [-0.3, -0.25) is 14.4 Å². The second kappa shape index (κ2) is 38.6. The second-order valence-corrected chi connectivity index (χ2v) is 33.3. The zero-order valence-electron chi connectivity index (χ0n) is 75.9. The summed E-state index contributed by atoms with van der Waals surface area (Å²) >= 11 is 0. The van der Waals surface area contributed by atoms with Gasteiger partial charge in [-0.15, -0.1) is 0 Å². The number of aryl methyl sites for hydroxylation is 12. The number of nitrogens with zero attached hydrogens (tertiary/aromatic N) is 6. The SMILES string of the molecule is C=CC1=C(C)c2nc1cc1[nH]c(cc3nc(cc4[nH]c(c2C)c(C=C)c4C)C(C)=C3CCC(=O)[O-])c(CCC(=O)O)c1C.C=CC1=C(C)c2nc1cc1[nH]c(cc3nc(cc4[nH]c(c2C)c(C=C)c4C)C(C)=C3CCC(=O)[O-])c(CCC(=O)O)c1C.C=CC1=C(C)c2nc1cc1[nH]c(cc3nc(cc4[nH]c(c2C)c(C=C)c4C)C(C)=C3CCC(=O)[O-])c(CCC(=O)O)c1C.[Co+3]. The van der Waals surface area contributed by atoms with E-state index in [1.165, 1.54) is 0 Å². The number of hydrogen-bond donors (Lipinski definition) is 9. The van der Waals surface area contributed by atoms with E-state index in [-0.39, 0.29) is 74.6 Å². The summed E-state index contributed by atoms with van der Waals surface area (Å²) in [6.07, 6.45) is 12.1. The molecule has 9 aromatic heterocycles. The molecule has 0 aromatic carbocycles. The minimum Gasteiger partial charge on any atom is -0.550 e. The van der Waals surface area contributed by atoms with Crippen molar-refractivity contribution in [1.29, 1.82) is 0 Å². The maximum atomic E-state index is 11.6. The van der Waals surface area contributed by atoms with E-state index in [4.69, 9.17) is 29.9 Å². The quantitative estimate of drug-likeness (QED) is 0.0271. The van der Waals surface area contributed by atoms with E-state index < -0.39 is 35.8 Å². The van der Waals surface area contributed by atoms with E-state index in [0.717, 1.165) is 268 Å². The van der Waals surface area contributed by atoms with Gasteiger partial charge in [-0.1, -0.05) is 75.9 Å². The third-order valence-electron chi connectivity index (χ3n) is 25.8. The van der Waals surface area contributed by atoms with Gasteiger partial charge in [0.15, 0.2) is 0 Å². The summed E-state index contributed by atoms with van der Waals surface area (Å²) in [7, 11) is 0. The number of allylic oxidation sites excluding steroid dienone is 15. The molecule has 24 bridgehead atoms. The first-order chi connectivity index (χ1) is 61.3. The molecular weight excluding hydrogens is 1680 g/mol. The van der Waals surface area contributed by atoms with Crippen molar-refractivity contribution in [3.05, 3.63) is 264 Å². The average molecular weight is 1790 g/mol. The predicted molar refractivity (Wildman–Crippen MR) is 512 cm³/mol. The van der Waals surface area contributed by atoms with Crippen molar-refractivity contribution in [1.82, 2.24) is 59.8 Å². The molecule has 0 amide bonds. The van der Waals surface area contributed by atoms with Gasteiger partial charge in [0.1, 0.15) is 0 Å². The van der Waals surface area contributed by atoms with Crippen LogP contribution in [0.25, 0.3) is 151 Å². The molecule has 0 saturated heterocycles. The maximum Gasteiger partial charge on any atom is 3.00 e. The first-order valence-corrected chi connectivity index (χ1v) is 42.8. The molecule has 24 nitrogen and oxygen atoms in total. The Morgan fingerprint density at radius 3 is 0.715 bits per heavy atom. The molecule has 6 aliphatic rings. The monoisotopic (exact) mass is 1780 g/mol. The van der Waals surface area contributed by atoms with E-state index in [9.17, 15) is 59.4 Å². The number of nitrogens with one attached hydrogen (secondary N) is 6. The average Bonchev–Trinajstić information content (AvgIpc) is 1.61. The van der Waals surface area contributed by atoms with E-state index >= 15 is 0 Å². The third kappa shape index (κ3) is 18.4. The molecule has 9 aromatic rings. The fraction of sp³-hybridized carbons (Fsp3) is 0.257. The number of aliphatic carboxylic acids is 6. The van der Waals surface area contributed by atoms with Gasteiger partial charge in [-0.2, -0.15) is 0 Å². The normalized spacial score (nSPS) is 12.9. The van der Waals surface area contributed by atoms with Crippen molar-refractivity contribution in [2.45, 2.75) is 181 Å². The van der Waals surface area contributed by atoms with E-state index in [1.807, 2.05) is 195 Å². The number of aromatic nitrogens is 12. The molecule has 130 heavy (non-hydrogen) atoms. The van der Waals surface area contributed by atoms with Crippen LogP contribution in [0.3, 0.4) is 0 Å². The van der Waals surface area contributed by atoms with Crippen LogP contribution in [0, 0.1) is 62.3 Å². The summed E-state index contributed by atoms with van der Waals surface area (Å²) in [6.45, 7) is 54.5. The maximum absolute atomic E-state index is 11.6. The van der Waals surface area contributed by atoms with Gasteiger partial charge in [-0.25, -0.2) is 29.9 Å². The summed E-state index contributed by atoms with van der Waals surface area (Å²) in [6, 6.07) is 17.6. The summed E-state index contributed by atoms with van der Waals surface area (Å²) in [5.41, 5.74) is 43.9. The minimum atomic E-state index is -1.13. The summed E-state index contributed by atoms with van der Waals surface area (Å²) in [5, 5.41) is 62.7. The Balaban J connectivity index is 0.000000176. The Morgan fingerprint density at radius 1 is 0.277 bits per heavy atom. The topological polar surface area (TPSA) is 404 Å². The first kappa shape index (κ1) is 94.7. The van der Waals surface area contributed by atoms with Crippen LogP contribution in [0.5, 0.6) is 0 Å². The number of carboxylic acid groups (broad SMARTS) is 6.